The average molecular weight is 258 g/mol. The van der Waals surface area contributed by atoms with E-state index in [-0.39, 0.29) is 5.54 Å². The van der Waals surface area contributed by atoms with Crippen molar-refractivity contribution in [3.63, 3.8) is 0 Å². The largest absolute Gasteiger partial charge is 0.496 e. The minimum Gasteiger partial charge on any atom is -0.496 e. The van der Waals surface area contributed by atoms with Gasteiger partial charge >= 0.3 is 0 Å². The van der Waals surface area contributed by atoms with Gasteiger partial charge in [-0.3, -0.25) is 0 Å². The summed E-state index contributed by atoms with van der Waals surface area (Å²) in [6, 6.07) is 6.03. The van der Waals surface area contributed by atoms with E-state index >= 15 is 0 Å². The predicted molar refractivity (Wildman–Crippen MR) is 62.8 cm³/mol. The van der Waals surface area contributed by atoms with Gasteiger partial charge in [-0.25, -0.2) is 0 Å². The Balaban J connectivity index is 3.22. The first-order valence-corrected chi connectivity index (χ1v) is 5.34. The maximum Gasteiger partial charge on any atom is 0.133 e. The van der Waals surface area contributed by atoms with Crippen molar-refractivity contribution >= 4 is 15.9 Å². The summed E-state index contributed by atoms with van der Waals surface area (Å²) in [5.74, 6) is 0.867. The molecule has 1 N–H and O–H groups in total. The summed E-state index contributed by atoms with van der Waals surface area (Å²) >= 11 is 3.55. The summed E-state index contributed by atoms with van der Waals surface area (Å²) in [7, 11) is 3.63. The molecule has 0 saturated heterocycles. The van der Waals surface area contributed by atoms with Gasteiger partial charge in [-0.15, -0.1) is 0 Å². The van der Waals surface area contributed by atoms with E-state index in [1.165, 1.54) is 5.56 Å². The van der Waals surface area contributed by atoms with Crippen molar-refractivity contribution in [2.75, 3.05) is 14.2 Å². The van der Waals surface area contributed by atoms with Gasteiger partial charge in [-0.05, 0) is 48.5 Å². The van der Waals surface area contributed by atoms with Crippen LogP contribution >= 0.6 is 15.9 Å². The minimum atomic E-state index is -0.0621. The molecule has 1 aromatic carbocycles. The summed E-state index contributed by atoms with van der Waals surface area (Å²) < 4.78 is 6.27. The van der Waals surface area contributed by atoms with Crippen molar-refractivity contribution < 1.29 is 4.74 Å². The van der Waals surface area contributed by atoms with Crippen LogP contribution in [-0.2, 0) is 5.54 Å². The summed E-state index contributed by atoms with van der Waals surface area (Å²) in [5, 5.41) is 3.26. The molecule has 3 heteroatoms. The SMILES string of the molecule is CNC(C)(C)c1cccc(OC)c1Br. The predicted octanol–water partition coefficient (Wildman–Crippen LogP) is 2.91. The van der Waals surface area contributed by atoms with Crippen LogP contribution in [-0.4, -0.2) is 14.2 Å². The summed E-state index contributed by atoms with van der Waals surface area (Å²) in [6.07, 6.45) is 0. The van der Waals surface area contributed by atoms with Crippen LogP contribution in [0.5, 0.6) is 5.75 Å². The zero-order valence-corrected chi connectivity index (χ0v) is 10.6. The van der Waals surface area contributed by atoms with E-state index in [4.69, 9.17) is 4.74 Å². The number of benzene rings is 1. The van der Waals surface area contributed by atoms with Gasteiger partial charge in [0.05, 0.1) is 11.6 Å². The molecule has 78 valence electrons. The molecule has 0 saturated carbocycles. The molecule has 0 unspecified atom stereocenters. The average Bonchev–Trinajstić information content (AvgIpc) is 2.18. The van der Waals surface area contributed by atoms with Crippen LogP contribution in [0.1, 0.15) is 19.4 Å². The van der Waals surface area contributed by atoms with E-state index in [1.807, 2.05) is 19.2 Å². The molecule has 0 heterocycles. The second kappa shape index (κ2) is 4.32. The van der Waals surface area contributed by atoms with Crippen molar-refractivity contribution in [1.29, 1.82) is 0 Å². The van der Waals surface area contributed by atoms with Crippen LogP contribution in [0.2, 0.25) is 0 Å². The van der Waals surface area contributed by atoms with Crippen molar-refractivity contribution in [1.82, 2.24) is 5.32 Å². The molecule has 0 aliphatic heterocycles. The number of halogens is 1. The van der Waals surface area contributed by atoms with E-state index in [0.717, 1.165) is 10.2 Å². The van der Waals surface area contributed by atoms with Crippen LogP contribution < -0.4 is 10.1 Å². The maximum atomic E-state index is 5.25. The Morgan fingerprint density at radius 1 is 1.36 bits per heavy atom. The molecule has 0 aliphatic carbocycles. The molecule has 0 radical (unpaired) electrons. The van der Waals surface area contributed by atoms with E-state index in [1.54, 1.807) is 7.11 Å². The van der Waals surface area contributed by atoms with E-state index in [0.29, 0.717) is 0 Å². The number of ether oxygens (including phenoxy) is 1. The Morgan fingerprint density at radius 2 is 2.00 bits per heavy atom. The Hall–Kier alpha value is -0.540. The van der Waals surface area contributed by atoms with Crippen LogP contribution in [0.15, 0.2) is 22.7 Å². The molecule has 0 bridgehead atoms. The Bertz CT molecular complexity index is 323. The summed E-state index contributed by atoms with van der Waals surface area (Å²) in [5.41, 5.74) is 1.13. The van der Waals surface area contributed by atoms with Crippen molar-refractivity contribution in [3.8, 4) is 5.75 Å². The monoisotopic (exact) mass is 257 g/mol. The quantitative estimate of drug-likeness (QED) is 0.900. The fraction of sp³-hybridized carbons (Fsp3) is 0.455. The van der Waals surface area contributed by atoms with E-state index < -0.39 is 0 Å². The fourth-order valence-electron chi connectivity index (χ4n) is 1.29. The molecule has 14 heavy (non-hydrogen) atoms. The van der Waals surface area contributed by atoms with Gasteiger partial charge < -0.3 is 10.1 Å². The second-order valence-electron chi connectivity index (χ2n) is 3.70. The van der Waals surface area contributed by atoms with E-state index in [9.17, 15) is 0 Å². The minimum absolute atomic E-state index is 0.0621. The van der Waals surface area contributed by atoms with Gasteiger partial charge in [0.2, 0.25) is 0 Å². The molecule has 0 atom stereocenters. The van der Waals surface area contributed by atoms with Crippen LogP contribution in [0.3, 0.4) is 0 Å². The Kier molecular flexibility index (Phi) is 3.56. The molecular weight excluding hydrogens is 242 g/mol. The first-order valence-electron chi connectivity index (χ1n) is 4.55. The topological polar surface area (TPSA) is 21.3 Å². The molecule has 1 rings (SSSR count). The van der Waals surface area contributed by atoms with Gasteiger partial charge in [0.25, 0.3) is 0 Å². The molecule has 0 aromatic heterocycles. The Morgan fingerprint density at radius 3 is 2.50 bits per heavy atom. The lowest BCUT2D eigenvalue weighted by Gasteiger charge is -2.26. The smallest absolute Gasteiger partial charge is 0.133 e. The highest BCUT2D eigenvalue weighted by molar-refractivity contribution is 9.10. The third-order valence-electron chi connectivity index (χ3n) is 2.48. The van der Waals surface area contributed by atoms with Crippen molar-refractivity contribution in [2.24, 2.45) is 0 Å². The fourth-order valence-corrected chi connectivity index (χ4v) is 2.21. The normalized spacial score (nSPS) is 11.5. The van der Waals surface area contributed by atoms with E-state index in [2.05, 4.69) is 41.2 Å². The molecule has 2 nitrogen and oxygen atoms in total. The highest BCUT2D eigenvalue weighted by Gasteiger charge is 2.21. The van der Waals surface area contributed by atoms with Gasteiger partial charge in [0, 0.05) is 5.54 Å². The zero-order chi connectivity index (χ0) is 10.8. The Labute approximate surface area is 93.8 Å². The maximum absolute atomic E-state index is 5.25. The van der Waals surface area contributed by atoms with Crippen LogP contribution in [0.25, 0.3) is 0 Å². The molecule has 0 aliphatic rings. The van der Waals surface area contributed by atoms with Gasteiger partial charge in [-0.1, -0.05) is 12.1 Å². The lowest BCUT2D eigenvalue weighted by atomic mass is 9.94. The van der Waals surface area contributed by atoms with Gasteiger partial charge in [0.15, 0.2) is 0 Å². The lowest BCUT2D eigenvalue weighted by molar-refractivity contribution is 0.402. The first kappa shape index (κ1) is 11.5. The third-order valence-corrected chi connectivity index (χ3v) is 3.30. The summed E-state index contributed by atoms with van der Waals surface area (Å²) in [4.78, 5) is 0. The van der Waals surface area contributed by atoms with Gasteiger partial charge in [0.1, 0.15) is 5.75 Å². The van der Waals surface area contributed by atoms with Gasteiger partial charge in [-0.2, -0.15) is 0 Å². The molecule has 1 aromatic rings. The standard InChI is InChI=1S/C11H16BrNO/c1-11(2,13-3)8-6-5-7-9(14-4)10(8)12/h5-7,13H,1-4H3. The molecular formula is C11H16BrNO. The van der Waals surface area contributed by atoms with Crippen LogP contribution in [0.4, 0.5) is 0 Å². The molecule has 0 spiro atoms. The first-order chi connectivity index (χ1) is 6.53. The number of hydrogen-bond donors (Lipinski definition) is 1. The second-order valence-corrected chi connectivity index (χ2v) is 4.49. The number of hydrogen-bond acceptors (Lipinski definition) is 2. The highest BCUT2D eigenvalue weighted by atomic mass is 79.9. The number of nitrogens with one attached hydrogen (secondary N) is 1. The third kappa shape index (κ3) is 2.10. The molecule has 0 amide bonds. The van der Waals surface area contributed by atoms with Crippen molar-refractivity contribution in [3.05, 3.63) is 28.2 Å². The van der Waals surface area contributed by atoms with Crippen molar-refractivity contribution in [2.45, 2.75) is 19.4 Å². The number of methoxy groups -OCH3 is 1. The highest BCUT2D eigenvalue weighted by Crippen LogP contribution is 2.34. The lowest BCUT2D eigenvalue weighted by Crippen LogP contribution is -2.33. The number of rotatable bonds is 3. The molecule has 0 fully saturated rings. The van der Waals surface area contributed by atoms with Crippen LogP contribution in [0, 0.1) is 0 Å². The summed E-state index contributed by atoms with van der Waals surface area (Å²) in [6.45, 7) is 4.26. The zero-order valence-electron chi connectivity index (χ0n) is 9.02.